The lowest BCUT2D eigenvalue weighted by Gasteiger charge is -2.40. The van der Waals surface area contributed by atoms with Gasteiger partial charge in [-0.15, -0.1) is 0 Å². The van der Waals surface area contributed by atoms with Gasteiger partial charge >= 0.3 is 5.97 Å². The van der Waals surface area contributed by atoms with E-state index in [4.69, 9.17) is 19.2 Å². The summed E-state index contributed by atoms with van der Waals surface area (Å²) in [5.74, 6) is 2.68. The fraction of sp³-hybridized carbons (Fsp3) is 0.500. The number of carbonyl (C=O) groups excluding carboxylic acids is 1. The van der Waals surface area contributed by atoms with Crippen LogP contribution in [0.2, 0.25) is 0 Å². The summed E-state index contributed by atoms with van der Waals surface area (Å²) in [7, 11) is 1.58. The predicted molar refractivity (Wildman–Crippen MR) is 139 cm³/mol. The second-order valence-corrected chi connectivity index (χ2v) is 10.8. The molecule has 1 aliphatic rings. The lowest BCUT2D eigenvalue weighted by atomic mass is 9.70. The Bertz CT molecular complexity index is 1200. The van der Waals surface area contributed by atoms with E-state index in [-0.39, 0.29) is 17.6 Å². The van der Waals surface area contributed by atoms with Crippen LogP contribution in [0.25, 0.3) is 11.0 Å². The number of carbonyl (C=O) groups is 1. The van der Waals surface area contributed by atoms with Gasteiger partial charge in [-0.3, -0.25) is 4.79 Å². The molecule has 0 saturated heterocycles. The molecule has 2 aromatic carbocycles. The Hall–Kier alpha value is -3.22. The number of hydrogen-bond donors (Lipinski definition) is 1. The Morgan fingerprint density at radius 1 is 1.14 bits per heavy atom. The van der Waals surface area contributed by atoms with Crippen LogP contribution < -0.4 is 19.5 Å². The van der Waals surface area contributed by atoms with Gasteiger partial charge in [0.2, 0.25) is 5.95 Å². The number of rotatable bonds is 7. The van der Waals surface area contributed by atoms with Gasteiger partial charge in [0.05, 0.1) is 24.2 Å². The normalized spacial score (nSPS) is 19.5. The maximum absolute atomic E-state index is 11.7. The zero-order valence-corrected chi connectivity index (χ0v) is 21.8. The lowest BCUT2D eigenvalue weighted by Crippen LogP contribution is -2.29. The van der Waals surface area contributed by atoms with Gasteiger partial charge in [0.15, 0.2) is 11.5 Å². The third kappa shape index (κ3) is 5.72. The minimum Gasteiger partial charge on any atom is -0.493 e. The minimum absolute atomic E-state index is 0.121. The van der Waals surface area contributed by atoms with Crippen molar-refractivity contribution in [2.24, 2.45) is 11.3 Å². The lowest BCUT2D eigenvalue weighted by molar-refractivity contribution is -0.132. The molecule has 1 heterocycles. The SMILES string of the molecule is COc1cc2c(cc1OC(C)=O)nc(Nc1ccc(OC(C)C)cc1)n2[C@H]1C[C@@H](C)CC(C)(C)C1. The number of anilines is 2. The van der Waals surface area contributed by atoms with Gasteiger partial charge in [0, 0.05) is 30.8 Å². The van der Waals surface area contributed by atoms with Crippen molar-refractivity contribution >= 4 is 28.6 Å². The van der Waals surface area contributed by atoms with E-state index in [1.807, 2.05) is 44.2 Å². The molecule has 7 heteroatoms. The van der Waals surface area contributed by atoms with Gasteiger partial charge in [-0.05, 0) is 68.7 Å². The van der Waals surface area contributed by atoms with Crippen LogP contribution in [-0.4, -0.2) is 28.7 Å². The maximum atomic E-state index is 11.7. The summed E-state index contributed by atoms with van der Waals surface area (Å²) >= 11 is 0. The number of nitrogens with zero attached hydrogens (tertiary/aromatic N) is 2. The van der Waals surface area contributed by atoms with E-state index >= 15 is 0 Å². The Labute approximate surface area is 207 Å². The van der Waals surface area contributed by atoms with Gasteiger partial charge in [-0.2, -0.15) is 0 Å². The van der Waals surface area contributed by atoms with E-state index in [9.17, 15) is 4.79 Å². The van der Waals surface area contributed by atoms with Crippen molar-refractivity contribution in [1.29, 1.82) is 0 Å². The Kier molecular flexibility index (Phi) is 6.97. The number of aromatic nitrogens is 2. The summed E-state index contributed by atoms with van der Waals surface area (Å²) in [6.07, 6.45) is 3.44. The van der Waals surface area contributed by atoms with E-state index < -0.39 is 5.97 Å². The van der Waals surface area contributed by atoms with E-state index in [2.05, 4.69) is 30.7 Å². The third-order valence-corrected chi connectivity index (χ3v) is 6.44. The van der Waals surface area contributed by atoms with E-state index in [0.29, 0.717) is 17.4 Å². The second kappa shape index (κ2) is 9.80. The van der Waals surface area contributed by atoms with Crippen LogP contribution in [-0.2, 0) is 4.79 Å². The van der Waals surface area contributed by atoms with Crippen LogP contribution in [0.1, 0.15) is 66.8 Å². The zero-order valence-electron chi connectivity index (χ0n) is 21.8. The predicted octanol–water partition coefficient (Wildman–Crippen LogP) is 6.89. The van der Waals surface area contributed by atoms with Crippen molar-refractivity contribution in [3.63, 3.8) is 0 Å². The number of hydrogen-bond acceptors (Lipinski definition) is 6. The summed E-state index contributed by atoms with van der Waals surface area (Å²) < 4.78 is 19.1. The van der Waals surface area contributed by atoms with Crippen molar-refractivity contribution in [2.45, 2.75) is 73.0 Å². The summed E-state index contributed by atoms with van der Waals surface area (Å²) in [6.45, 7) is 12.4. The van der Waals surface area contributed by atoms with Crippen LogP contribution in [0.5, 0.6) is 17.2 Å². The number of benzene rings is 2. The van der Waals surface area contributed by atoms with Crippen molar-refractivity contribution < 1.29 is 19.0 Å². The van der Waals surface area contributed by atoms with Crippen LogP contribution in [0.3, 0.4) is 0 Å². The van der Waals surface area contributed by atoms with Gasteiger partial charge < -0.3 is 24.1 Å². The topological polar surface area (TPSA) is 74.6 Å². The molecule has 188 valence electrons. The summed E-state index contributed by atoms with van der Waals surface area (Å²) in [5.41, 5.74) is 2.86. The summed E-state index contributed by atoms with van der Waals surface area (Å²) in [4.78, 5) is 16.6. The van der Waals surface area contributed by atoms with Crippen LogP contribution in [0.4, 0.5) is 11.6 Å². The molecule has 0 amide bonds. The van der Waals surface area contributed by atoms with E-state index in [0.717, 1.165) is 41.3 Å². The monoisotopic (exact) mass is 479 g/mol. The highest BCUT2D eigenvalue weighted by Gasteiger charge is 2.35. The molecule has 1 aliphatic carbocycles. The van der Waals surface area contributed by atoms with Crippen LogP contribution in [0.15, 0.2) is 36.4 Å². The highest BCUT2D eigenvalue weighted by atomic mass is 16.6. The first-order valence-electron chi connectivity index (χ1n) is 12.4. The zero-order chi connectivity index (χ0) is 25.3. The van der Waals surface area contributed by atoms with Crippen molar-refractivity contribution in [3.8, 4) is 17.2 Å². The Morgan fingerprint density at radius 3 is 2.46 bits per heavy atom. The number of esters is 1. The second-order valence-electron chi connectivity index (χ2n) is 10.8. The molecule has 0 aliphatic heterocycles. The fourth-order valence-corrected chi connectivity index (χ4v) is 5.47. The molecule has 1 N–H and O–H groups in total. The molecule has 0 radical (unpaired) electrons. The van der Waals surface area contributed by atoms with Gasteiger partial charge in [-0.25, -0.2) is 4.98 Å². The highest BCUT2D eigenvalue weighted by Crippen LogP contribution is 2.47. The van der Waals surface area contributed by atoms with Crippen molar-refractivity contribution in [2.75, 3.05) is 12.4 Å². The van der Waals surface area contributed by atoms with Gasteiger partial charge in [0.1, 0.15) is 5.75 Å². The molecule has 2 atom stereocenters. The molecule has 35 heavy (non-hydrogen) atoms. The highest BCUT2D eigenvalue weighted by molar-refractivity contribution is 5.85. The number of ether oxygens (including phenoxy) is 3. The average Bonchev–Trinajstić information content (AvgIpc) is 3.08. The summed E-state index contributed by atoms with van der Waals surface area (Å²) in [5, 5.41) is 3.53. The third-order valence-electron chi connectivity index (χ3n) is 6.44. The van der Waals surface area contributed by atoms with E-state index in [1.54, 1.807) is 13.2 Å². The molecule has 4 rings (SSSR count). The Morgan fingerprint density at radius 2 is 1.86 bits per heavy atom. The number of imidazole rings is 1. The molecule has 0 unspecified atom stereocenters. The first-order valence-corrected chi connectivity index (χ1v) is 12.4. The van der Waals surface area contributed by atoms with Crippen molar-refractivity contribution in [3.05, 3.63) is 36.4 Å². The van der Waals surface area contributed by atoms with Crippen molar-refractivity contribution in [1.82, 2.24) is 9.55 Å². The molecular weight excluding hydrogens is 442 g/mol. The fourth-order valence-electron chi connectivity index (χ4n) is 5.47. The molecular formula is C28H37N3O4. The first kappa shape index (κ1) is 24.9. The molecule has 7 nitrogen and oxygen atoms in total. The molecule has 0 bridgehead atoms. The van der Waals surface area contributed by atoms with Crippen LogP contribution >= 0.6 is 0 Å². The van der Waals surface area contributed by atoms with Gasteiger partial charge in [0.25, 0.3) is 0 Å². The standard InChI is InChI=1S/C28H37N3O4/c1-17(2)34-22-10-8-20(9-11-22)29-27-30-23-13-26(35-19(4)32)25(33-7)14-24(23)31(27)21-12-18(3)15-28(5,6)16-21/h8-11,13-14,17-18,21H,12,15-16H2,1-7H3,(H,29,30)/t18-,21+/m1/s1. The number of methoxy groups -OCH3 is 1. The van der Waals surface area contributed by atoms with E-state index in [1.165, 1.54) is 13.3 Å². The van der Waals surface area contributed by atoms with Gasteiger partial charge in [-0.1, -0.05) is 20.8 Å². The number of fused-ring (bicyclic) bond motifs is 1. The number of nitrogens with one attached hydrogen (secondary N) is 1. The molecule has 1 aromatic heterocycles. The maximum Gasteiger partial charge on any atom is 0.308 e. The van der Waals surface area contributed by atoms with Crippen LogP contribution in [0, 0.1) is 11.3 Å². The summed E-state index contributed by atoms with van der Waals surface area (Å²) in [6, 6.07) is 11.9. The molecule has 1 fully saturated rings. The first-order chi connectivity index (χ1) is 16.5. The average molecular weight is 480 g/mol. The largest absolute Gasteiger partial charge is 0.493 e. The molecule has 1 saturated carbocycles. The minimum atomic E-state index is -0.396. The Balaban J connectivity index is 1.80. The smallest absolute Gasteiger partial charge is 0.308 e. The molecule has 0 spiro atoms. The quantitative estimate of drug-likeness (QED) is 0.294. The molecule has 3 aromatic rings.